The number of rotatable bonds is 0. The van der Waals surface area contributed by atoms with Crippen molar-refractivity contribution in [2.45, 2.75) is 12.8 Å². The van der Waals surface area contributed by atoms with Crippen LogP contribution < -0.4 is 0 Å². The first-order valence-corrected chi connectivity index (χ1v) is 1.89. The van der Waals surface area contributed by atoms with Gasteiger partial charge >= 0.3 is 20.1 Å². The maximum atomic E-state index is 2.97. The van der Waals surface area contributed by atoms with E-state index in [9.17, 15) is 0 Å². The summed E-state index contributed by atoms with van der Waals surface area (Å²) in [5, 5.41) is 0. The van der Waals surface area contributed by atoms with E-state index in [-0.39, 0.29) is 20.1 Å². The van der Waals surface area contributed by atoms with E-state index in [0.717, 1.165) is 0 Å². The third-order valence-corrected chi connectivity index (χ3v) is 0.691. The molecule has 0 fully saturated rings. The summed E-state index contributed by atoms with van der Waals surface area (Å²) in [6.07, 6.45) is 6.53. The van der Waals surface area contributed by atoms with Crippen LogP contribution in [0.25, 0.3) is 0 Å². The van der Waals surface area contributed by atoms with E-state index >= 15 is 0 Å². The van der Waals surface area contributed by atoms with Crippen molar-refractivity contribution in [3.05, 3.63) is 17.9 Å². The van der Waals surface area contributed by atoms with E-state index in [1.807, 2.05) is 0 Å². The zero-order valence-corrected chi connectivity index (χ0v) is 5.80. The number of allylic oxidation sites excluding steroid dienone is 1. The maximum absolute atomic E-state index is 2.97. The molecule has 0 amide bonds. The smallest absolute Gasteiger partial charge is 0.130 e. The molecule has 0 unspecified atom stereocenters. The normalized spacial score (nSPS) is 14.7. The monoisotopic (exact) mass is 259 g/mol. The first-order chi connectivity index (χ1) is 2.50. The van der Waals surface area contributed by atoms with Crippen LogP contribution in [0.1, 0.15) is 12.8 Å². The molecular weight excluding hydrogens is 252 g/mol. The molecule has 0 N–H and O–H groups in total. The zero-order chi connectivity index (χ0) is 3.54. The Balaban J connectivity index is 0.000000250. The average molecular weight is 258 g/mol. The first-order valence-electron chi connectivity index (χ1n) is 1.89. The Bertz CT molecular complexity index is 69.9. The van der Waals surface area contributed by atoms with E-state index in [1.165, 1.54) is 12.8 Å². The van der Waals surface area contributed by atoms with Crippen LogP contribution in [-0.2, 0) is 20.1 Å². The largest absolute Gasteiger partial charge is 1.00 e. The number of hydrogen-bond donors (Lipinski definition) is 0. The second-order valence-corrected chi connectivity index (χ2v) is 1.15. The molecule has 0 bridgehead atoms. The summed E-state index contributed by atoms with van der Waals surface area (Å²) in [7, 11) is 0. The zero-order valence-electron chi connectivity index (χ0n) is 3.40. The minimum absolute atomic E-state index is 0. The molecule has 0 radical (unpaired) electrons. The predicted octanol–water partition coefficient (Wildman–Crippen LogP) is 1.49. The van der Waals surface area contributed by atoms with Crippen molar-refractivity contribution in [3.63, 3.8) is 0 Å². The topological polar surface area (TPSA) is 0 Å². The minimum Gasteiger partial charge on any atom is -0.130 e. The van der Waals surface area contributed by atoms with Gasteiger partial charge in [-0.25, -0.2) is 0 Å². The third kappa shape index (κ3) is 1.57. The van der Waals surface area contributed by atoms with Gasteiger partial charge in [-0.05, 0) is 25.0 Å². The van der Waals surface area contributed by atoms with E-state index < -0.39 is 0 Å². The molecule has 0 heterocycles. The maximum Gasteiger partial charge on any atom is 1.00 e. The van der Waals surface area contributed by atoms with Gasteiger partial charge in [-0.3, -0.25) is 0 Å². The molecule has 34 valence electrons. The second-order valence-electron chi connectivity index (χ2n) is 1.15. The summed E-state index contributed by atoms with van der Waals surface area (Å²) >= 11 is 0. The summed E-state index contributed by atoms with van der Waals surface area (Å²) in [6.45, 7) is 0. The van der Waals surface area contributed by atoms with Gasteiger partial charge in [-0.15, -0.1) is 5.73 Å². The van der Waals surface area contributed by atoms with Gasteiger partial charge in [-0.1, -0.05) is 0 Å². The SMILES string of the molecule is C1=CCCC=1.[Ir+]. The molecule has 1 aliphatic rings. The van der Waals surface area contributed by atoms with E-state index in [2.05, 4.69) is 17.9 Å². The summed E-state index contributed by atoms with van der Waals surface area (Å²) in [6, 6.07) is 0. The van der Waals surface area contributed by atoms with Gasteiger partial charge < -0.3 is 0 Å². The number of hydrogen-bond acceptors (Lipinski definition) is 0. The molecular formula is C5H6Ir+. The van der Waals surface area contributed by atoms with Crippen LogP contribution in [-0.4, -0.2) is 0 Å². The summed E-state index contributed by atoms with van der Waals surface area (Å²) < 4.78 is 0. The van der Waals surface area contributed by atoms with Crippen LogP contribution in [0.3, 0.4) is 0 Å². The van der Waals surface area contributed by atoms with Gasteiger partial charge in [-0.2, -0.15) is 0 Å². The Kier molecular flexibility index (Phi) is 3.46. The van der Waals surface area contributed by atoms with Crippen molar-refractivity contribution < 1.29 is 20.1 Å². The van der Waals surface area contributed by atoms with Crippen molar-refractivity contribution in [3.8, 4) is 0 Å². The van der Waals surface area contributed by atoms with Crippen LogP contribution in [0.5, 0.6) is 0 Å². The first kappa shape index (κ1) is 6.17. The Morgan fingerprint density at radius 2 is 1.67 bits per heavy atom. The van der Waals surface area contributed by atoms with E-state index in [0.29, 0.717) is 0 Å². The molecule has 1 aliphatic carbocycles. The van der Waals surface area contributed by atoms with Gasteiger partial charge in [0.1, 0.15) is 0 Å². The second kappa shape index (κ2) is 3.36. The van der Waals surface area contributed by atoms with Crippen molar-refractivity contribution in [2.75, 3.05) is 0 Å². The van der Waals surface area contributed by atoms with Crippen LogP contribution in [0.4, 0.5) is 0 Å². The fraction of sp³-hybridized carbons (Fsp3) is 0.400. The molecule has 0 saturated heterocycles. The van der Waals surface area contributed by atoms with Crippen LogP contribution in [0.2, 0.25) is 0 Å². The van der Waals surface area contributed by atoms with Gasteiger partial charge in [0, 0.05) is 0 Å². The van der Waals surface area contributed by atoms with E-state index in [4.69, 9.17) is 0 Å². The van der Waals surface area contributed by atoms with E-state index in [1.54, 1.807) is 0 Å². The quantitative estimate of drug-likeness (QED) is 0.578. The fourth-order valence-electron chi connectivity index (χ4n) is 0.417. The summed E-state index contributed by atoms with van der Waals surface area (Å²) in [4.78, 5) is 0. The minimum atomic E-state index is 0. The Hall–Kier alpha value is 0.169. The molecule has 1 rings (SSSR count). The molecule has 0 spiro atoms. The Labute approximate surface area is 51.3 Å². The van der Waals surface area contributed by atoms with Gasteiger partial charge in [0.05, 0.1) is 0 Å². The Morgan fingerprint density at radius 3 is 1.83 bits per heavy atom. The molecule has 0 saturated carbocycles. The molecule has 0 aliphatic heterocycles. The summed E-state index contributed by atoms with van der Waals surface area (Å²) in [5.41, 5.74) is 2.97. The van der Waals surface area contributed by atoms with Crippen molar-refractivity contribution in [2.24, 2.45) is 0 Å². The third-order valence-electron chi connectivity index (χ3n) is 0.691. The van der Waals surface area contributed by atoms with Crippen molar-refractivity contribution in [1.29, 1.82) is 0 Å². The van der Waals surface area contributed by atoms with Crippen LogP contribution in [0, 0.1) is 0 Å². The van der Waals surface area contributed by atoms with Crippen LogP contribution >= 0.6 is 0 Å². The van der Waals surface area contributed by atoms with Gasteiger partial charge in [0.2, 0.25) is 0 Å². The summed E-state index contributed by atoms with van der Waals surface area (Å²) in [5.74, 6) is 0. The average Bonchev–Trinajstić information content (AvgIpc) is 1.76. The molecule has 0 nitrogen and oxygen atoms in total. The molecule has 6 heavy (non-hydrogen) atoms. The molecule has 0 atom stereocenters. The van der Waals surface area contributed by atoms with Crippen molar-refractivity contribution in [1.82, 2.24) is 0 Å². The van der Waals surface area contributed by atoms with Gasteiger partial charge in [0.15, 0.2) is 0 Å². The molecule has 0 aromatic heterocycles. The van der Waals surface area contributed by atoms with Crippen LogP contribution in [0.15, 0.2) is 17.9 Å². The predicted molar refractivity (Wildman–Crippen MR) is 21.9 cm³/mol. The van der Waals surface area contributed by atoms with Crippen molar-refractivity contribution >= 4 is 0 Å². The fourth-order valence-corrected chi connectivity index (χ4v) is 0.417. The molecule has 1 heteroatoms. The van der Waals surface area contributed by atoms with Gasteiger partial charge in [0.25, 0.3) is 0 Å². The Morgan fingerprint density at radius 1 is 1.17 bits per heavy atom. The molecule has 0 aromatic rings. The molecule has 0 aromatic carbocycles. The standard InChI is InChI=1S/C5H6.Ir/c1-2-4-5-3-1;/h1,5H,2,4H2;/q;+1.